The molecule has 4 saturated heterocycles. The van der Waals surface area contributed by atoms with Crippen LogP contribution >= 0.6 is 0 Å². The van der Waals surface area contributed by atoms with E-state index in [1.54, 1.807) is 37.3 Å². The van der Waals surface area contributed by atoms with Gasteiger partial charge in [0.25, 0.3) is 10.1 Å². The van der Waals surface area contributed by atoms with E-state index in [-0.39, 0.29) is 18.4 Å². The van der Waals surface area contributed by atoms with Crippen molar-refractivity contribution < 1.29 is 61.9 Å². The topological polar surface area (TPSA) is 199 Å². The number of hydrogen-bond donors (Lipinski definition) is 5. The number of esters is 1. The zero-order valence-electron chi connectivity index (χ0n) is 19.7. The molecule has 14 heteroatoms. The van der Waals surface area contributed by atoms with Crippen LogP contribution in [0.1, 0.15) is 30.1 Å². The van der Waals surface area contributed by atoms with E-state index < -0.39 is 93.8 Å². The molecule has 6 bridgehead atoms. The van der Waals surface area contributed by atoms with Gasteiger partial charge < -0.3 is 44.1 Å². The summed E-state index contributed by atoms with van der Waals surface area (Å²) in [5.74, 6) is -1.58. The highest BCUT2D eigenvalue weighted by atomic mass is 32.2. The molecule has 7 aliphatic rings. The summed E-state index contributed by atoms with van der Waals surface area (Å²) in [6, 6.07) is 8.13. The predicted molar refractivity (Wildman–Crippen MR) is 118 cm³/mol. The molecule has 0 radical (unpaired) electrons. The summed E-state index contributed by atoms with van der Waals surface area (Å²) in [4.78, 5) is 10.8. The highest BCUT2D eigenvalue weighted by molar-refractivity contribution is 7.87. The largest absolute Gasteiger partial charge is 0.461 e. The maximum absolute atomic E-state index is 12.8. The molecule has 0 spiro atoms. The van der Waals surface area contributed by atoms with Crippen LogP contribution in [-0.4, -0.2) is 106 Å². The molecule has 11 atom stereocenters. The normalized spacial score (nSPS) is 49.6. The number of aliphatic hydroxyl groups excluding tert-OH is 4. The van der Waals surface area contributed by atoms with Crippen LogP contribution in [0.4, 0.5) is 0 Å². The maximum Gasteiger partial charge on any atom is 0.338 e. The lowest BCUT2D eigenvalue weighted by molar-refractivity contribution is -0.393. The van der Waals surface area contributed by atoms with Crippen LogP contribution in [0.3, 0.4) is 0 Å². The molecule has 1 aromatic rings. The quantitative estimate of drug-likeness (QED) is 0.197. The van der Waals surface area contributed by atoms with Gasteiger partial charge in [-0.1, -0.05) is 18.2 Å². The first-order valence-electron chi connectivity index (χ1n) is 11.9. The first-order valence-corrected chi connectivity index (χ1v) is 13.3. The van der Waals surface area contributed by atoms with E-state index in [0.717, 1.165) is 0 Å². The third-order valence-electron chi connectivity index (χ3n) is 8.98. The van der Waals surface area contributed by atoms with E-state index in [2.05, 4.69) is 0 Å². The Hall–Kier alpha value is -1.72. The highest BCUT2D eigenvalue weighted by Gasteiger charge is 2.96. The van der Waals surface area contributed by atoms with Gasteiger partial charge in [-0.25, -0.2) is 4.79 Å². The smallest absolute Gasteiger partial charge is 0.338 e. The fourth-order valence-electron chi connectivity index (χ4n) is 7.17. The number of hydrogen-bond acceptors (Lipinski definition) is 12. The van der Waals surface area contributed by atoms with Gasteiger partial charge in [0.15, 0.2) is 12.6 Å². The van der Waals surface area contributed by atoms with Crippen LogP contribution in [0.5, 0.6) is 0 Å². The van der Waals surface area contributed by atoms with Crippen molar-refractivity contribution in [2.24, 2.45) is 11.3 Å². The fraction of sp³-hybridized carbons (Fsp3) is 0.696. The standard InChI is InChI=1S/C23H28O13S/c1-20-9-22(37(29,30)31)13-7-23(20,34-18-16(27)15(26)14(25)12(8-24)33-18)21(13,19(35-20)36-22)10-32-17(28)11-5-3-2-4-6-11/h2-6,12-16,18-19,24-27H,7-10H2,1H3,(H,29,30,31)/t12-,13-,14-,15+,16-,18+,19-,20+,21-,22+,23+/m1/s1. The van der Waals surface area contributed by atoms with Crippen LogP contribution in [0, 0.1) is 11.3 Å². The van der Waals surface area contributed by atoms with Crippen molar-refractivity contribution in [1.29, 1.82) is 0 Å². The van der Waals surface area contributed by atoms with Crippen LogP contribution in [0.2, 0.25) is 0 Å². The van der Waals surface area contributed by atoms with Gasteiger partial charge in [-0.05, 0) is 25.5 Å². The first-order chi connectivity index (χ1) is 17.4. The van der Waals surface area contributed by atoms with Crippen molar-refractivity contribution in [2.75, 3.05) is 13.2 Å². The van der Waals surface area contributed by atoms with Crippen molar-refractivity contribution >= 4 is 16.1 Å². The number of aliphatic hydroxyl groups is 4. The summed E-state index contributed by atoms with van der Waals surface area (Å²) in [5.41, 5.74) is -4.01. The molecule has 0 aromatic heterocycles. The van der Waals surface area contributed by atoms with Crippen LogP contribution in [0.25, 0.3) is 0 Å². The second-order valence-electron chi connectivity index (χ2n) is 10.6. The lowest BCUT2D eigenvalue weighted by Gasteiger charge is -2.68. The van der Waals surface area contributed by atoms with Crippen molar-refractivity contribution in [3.8, 4) is 0 Å². The van der Waals surface area contributed by atoms with E-state index in [4.69, 9.17) is 23.7 Å². The Kier molecular flexibility index (Phi) is 5.46. The van der Waals surface area contributed by atoms with Crippen molar-refractivity contribution in [3.05, 3.63) is 35.9 Å². The minimum absolute atomic E-state index is 0.0301. The van der Waals surface area contributed by atoms with Gasteiger partial charge in [0.05, 0.1) is 17.6 Å². The average molecular weight is 545 g/mol. The van der Waals surface area contributed by atoms with Crippen molar-refractivity contribution in [2.45, 2.75) is 72.9 Å². The fourth-order valence-corrected chi connectivity index (χ4v) is 8.49. The number of ether oxygens (including phenoxy) is 5. The van der Waals surface area contributed by atoms with E-state index in [0.29, 0.717) is 0 Å². The Morgan fingerprint density at radius 3 is 2.46 bits per heavy atom. The summed E-state index contributed by atoms with van der Waals surface area (Å²) in [7, 11) is -4.76. The van der Waals surface area contributed by atoms with E-state index >= 15 is 0 Å². The van der Waals surface area contributed by atoms with E-state index in [1.165, 1.54) is 0 Å². The number of carbonyl (C=O) groups is 1. The summed E-state index contributed by atoms with van der Waals surface area (Å²) in [6.07, 6.45) is -9.44. The second-order valence-corrected chi connectivity index (χ2v) is 12.3. The average Bonchev–Trinajstić information content (AvgIpc) is 3.07. The van der Waals surface area contributed by atoms with Crippen LogP contribution in [-0.2, 0) is 33.8 Å². The molecule has 3 aliphatic carbocycles. The van der Waals surface area contributed by atoms with Gasteiger partial charge >= 0.3 is 5.97 Å². The molecule has 7 fully saturated rings. The third-order valence-corrected chi connectivity index (χ3v) is 10.4. The van der Waals surface area contributed by atoms with Crippen LogP contribution in [0.15, 0.2) is 30.3 Å². The monoisotopic (exact) mass is 544 g/mol. The molecule has 1 aromatic carbocycles. The highest BCUT2D eigenvalue weighted by Crippen LogP contribution is 2.83. The molecule has 3 saturated carbocycles. The van der Waals surface area contributed by atoms with Gasteiger partial charge in [0, 0.05) is 12.3 Å². The molecule has 8 rings (SSSR count). The van der Waals surface area contributed by atoms with E-state index in [1.807, 2.05) is 0 Å². The second kappa shape index (κ2) is 7.91. The SMILES string of the molecule is C[C@@]12C[C@@]3(S(=O)(=O)O)O[C@@H](O1)[C@@]1(COC(=O)c4ccccc4)[C@H]3C[C@@]12O[C@@H]1O[C@H](CO)[C@@H](O)[C@H](O)[C@H]1O. The van der Waals surface area contributed by atoms with E-state index in [9.17, 15) is 38.2 Å². The summed E-state index contributed by atoms with van der Waals surface area (Å²) in [5, 5.41) is 40.6. The molecule has 37 heavy (non-hydrogen) atoms. The first kappa shape index (κ1) is 25.6. The molecule has 204 valence electrons. The lowest BCUT2D eigenvalue weighted by Crippen LogP contribution is -2.81. The number of carbonyl (C=O) groups excluding carboxylic acids is 1. The summed E-state index contributed by atoms with van der Waals surface area (Å²) >= 11 is 0. The predicted octanol–water partition coefficient (Wildman–Crippen LogP) is -1.46. The van der Waals surface area contributed by atoms with Crippen molar-refractivity contribution in [3.63, 3.8) is 0 Å². The molecular formula is C23H28O13S. The van der Waals surface area contributed by atoms with Gasteiger partial charge in [0.2, 0.25) is 4.93 Å². The molecule has 0 amide bonds. The number of benzene rings is 1. The van der Waals surface area contributed by atoms with Gasteiger partial charge in [-0.3, -0.25) is 4.55 Å². The molecule has 0 unspecified atom stereocenters. The Bertz CT molecular complexity index is 1210. The van der Waals surface area contributed by atoms with Crippen LogP contribution < -0.4 is 0 Å². The Morgan fingerprint density at radius 1 is 1.11 bits per heavy atom. The maximum atomic E-state index is 12.8. The van der Waals surface area contributed by atoms with Gasteiger partial charge in [0.1, 0.15) is 42.2 Å². The zero-order valence-corrected chi connectivity index (χ0v) is 20.5. The molecule has 13 nitrogen and oxygen atoms in total. The van der Waals surface area contributed by atoms with Gasteiger partial charge in [-0.15, -0.1) is 0 Å². The van der Waals surface area contributed by atoms with Crippen molar-refractivity contribution in [1.82, 2.24) is 0 Å². The molecule has 4 aliphatic heterocycles. The molecule has 4 heterocycles. The summed E-state index contributed by atoms with van der Waals surface area (Å²) in [6.45, 7) is 0.495. The lowest BCUT2D eigenvalue weighted by atomic mass is 9.41. The Morgan fingerprint density at radius 2 is 1.81 bits per heavy atom. The third kappa shape index (κ3) is 2.99. The number of rotatable bonds is 7. The minimum atomic E-state index is -4.76. The Balaban J connectivity index is 1.38. The minimum Gasteiger partial charge on any atom is -0.461 e. The van der Waals surface area contributed by atoms with Gasteiger partial charge in [-0.2, -0.15) is 8.42 Å². The Labute approximate surface area is 211 Å². The molecule has 5 N–H and O–H groups in total. The zero-order chi connectivity index (χ0) is 26.6. The molecular weight excluding hydrogens is 516 g/mol. The summed E-state index contributed by atoms with van der Waals surface area (Å²) < 4.78 is 64.8.